The smallest absolute Gasteiger partial charge is 0.391 e. The van der Waals surface area contributed by atoms with Crippen LogP contribution in [0.4, 0.5) is 5.82 Å². The summed E-state index contributed by atoms with van der Waals surface area (Å²) in [5.41, 5.74) is 7.14. The third-order valence-corrected chi connectivity index (χ3v) is 7.71. The molecular weight excluding hydrogens is 527 g/mol. The van der Waals surface area contributed by atoms with Gasteiger partial charge in [0.15, 0.2) is 17.3 Å². The van der Waals surface area contributed by atoms with Crippen molar-refractivity contribution in [1.82, 2.24) is 9.38 Å². The highest BCUT2D eigenvalue weighted by molar-refractivity contribution is 7.59. The van der Waals surface area contributed by atoms with Gasteiger partial charge in [0, 0.05) is 11.5 Å². The molecule has 6 rings (SSSR count). The summed E-state index contributed by atoms with van der Waals surface area (Å²) in [6.07, 6.45) is 1.97. The first-order valence-electron chi connectivity index (χ1n) is 12.1. The van der Waals surface area contributed by atoms with Crippen molar-refractivity contribution in [2.75, 3.05) is 5.32 Å². The Morgan fingerprint density at radius 2 is 1.92 bits per heavy atom. The first-order valence-corrected chi connectivity index (χ1v) is 13.8. The van der Waals surface area contributed by atoms with E-state index in [2.05, 4.69) is 24.1 Å². The molecule has 39 heavy (non-hydrogen) atoms. The van der Waals surface area contributed by atoms with Crippen LogP contribution in [0.25, 0.3) is 28.2 Å². The molecule has 1 atom stereocenters. The summed E-state index contributed by atoms with van der Waals surface area (Å²) >= 11 is 0. The minimum Gasteiger partial charge on any atom is -0.448 e. The number of nitrogens with two attached hydrogens (primary N) is 1. The first-order chi connectivity index (χ1) is 18.4. The van der Waals surface area contributed by atoms with Crippen LogP contribution in [0, 0.1) is 11.3 Å². The lowest BCUT2D eigenvalue weighted by atomic mass is 9.64. The van der Waals surface area contributed by atoms with Crippen molar-refractivity contribution in [3.8, 4) is 34.1 Å². The highest BCUT2D eigenvalue weighted by atomic mass is 31.2. The normalized spacial score (nSPS) is 18.2. The Morgan fingerprint density at radius 3 is 2.59 bits per heavy atom. The Morgan fingerprint density at radius 1 is 1.15 bits per heavy atom. The number of hydrogen-bond donors (Lipinski definition) is 4. The van der Waals surface area contributed by atoms with Gasteiger partial charge in [-0.25, -0.2) is 4.98 Å². The zero-order valence-electron chi connectivity index (χ0n) is 21.0. The molecule has 4 aromatic rings. The molecule has 0 radical (unpaired) electrons. The molecule has 2 amide bonds. The van der Waals surface area contributed by atoms with Crippen molar-refractivity contribution in [3.05, 3.63) is 48.7 Å². The Kier molecular flexibility index (Phi) is 5.62. The summed E-state index contributed by atoms with van der Waals surface area (Å²) in [5.74, 6) is -0.132. The monoisotopic (exact) mass is 552 g/mol. The molecule has 1 fully saturated rings. The number of primary amides is 1. The van der Waals surface area contributed by atoms with Gasteiger partial charge in [0.2, 0.25) is 11.4 Å². The van der Waals surface area contributed by atoms with E-state index in [1.54, 1.807) is 34.9 Å². The van der Waals surface area contributed by atoms with Gasteiger partial charge >= 0.3 is 13.9 Å². The average molecular weight is 552 g/mol. The van der Waals surface area contributed by atoms with Gasteiger partial charge < -0.3 is 34.7 Å². The molecule has 2 aliphatic rings. The predicted molar refractivity (Wildman–Crippen MR) is 139 cm³/mol. The lowest BCUT2D eigenvalue weighted by molar-refractivity contribution is -0.133. The van der Waals surface area contributed by atoms with Crippen molar-refractivity contribution in [2.24, 2.45) is 17.1 Å². The predicted octanol–water partition coefficient (Wildman–Crippen LogP) is 3.02. The van der Waals surface area contributed by atoms with E-state index in [-0.39, 0.29) is 34.5 Å². The molecule has 0 saturated heterocycles. The summed E-state index contributed by atoms with van der Waals surface area (Å²) in [4.78, 5) is 48.1. The number of benzene rings is 1. The highest BCUT2D eigenvalue weighted by Gasteiger charge is 2.40. The maximum absolute atomic E-state index is 12.7. The minimum absolute atomic E-state index is 0.0507. The minimum atomic E-state index is -4.65. The number of furan rings is 1. The van der Waals surface area contributed by atoms with Gasteiger partial charge in [-0.3, -0.25) is 18.6 Å². The number of ether oxygens (including phenoxy) is 2. The number of carbonyl (C=O) groups excluding carboxylic acids is 2. The number of amides is 2. The van der Waals surface area contributed by atoms with Crippen LogP contribution in [-0.2, 0) is 14.2 Å². The second kappa shape index (κ2) is 8.70. The zero-order valence-corrected chi connectivity index (χ0v) is 21.8. The molecule has 1 aromatic carbocycles. The third-order valence-electron chi connectivity index (χ3n) is 6.90. The van der Waals surface area contributed by atoms with Crippen LogP contribution in [0.3, 0.4) is 0 Å². The number of fused-ring (bicyclic) bond motifs is 2. The van der Waals surface area contributed by atoms with Gasteiger partial charge in [0.25, 0.3) is 5.91 Å². The Balaban J connectivity index is 1.41. The maximum Gasteiger partial charge on any atom is 0.391 e. The maximum atomic E-state index is 12.7. The van der Waals surface area contributed by atoms with Crippen molar-refractivity contribution >= 4 is 36.4 Å². The lowest BCUT2D eigenvalue weighted by Crippen LogP contribution is -2.39. The molecule has 0 spiro atoms. The number of carbonyl (C=O) groups is 2. The van der Waals surface area contributed by atoms with Gasteiger partial charge in [-0.15, -0.1) is 0 Å². The number of pyridine rings is 1. The van der Waals surface area contributed by atoms with Gasteiger partial charge in [-0.2, -0.15) is 0 Å². The molecule has 4 heterocycles. The van der Waals surface area contributed by atoms with Crippen LogP contribution < -0.4 is 26.0 Å². The molecule has 13 heteroatoms. The number of aromatic nitrogens is 2. The summed E-state index contributed by atoms with van der Waals surface area (Å²) < 4.78 is 30.2. The lowest BCUT2D eigenvalue weighted by Gasteiger charge is -2.41. The standard InChI is InChI=1S/C26H25N4O8P/c1-26(2)10-14(11-26)24(32)29-19-12-30-16(4-3-5-20(30)28-19)13-8-15(17-6-7-21(36-17)39(33,34)35)22-18(9-13)37-25(38-22)23(27)31/h3-9,12,14,25H,10-11H2,1-2H3,(H2,27,31)(H,29,32)(H2,33,34,35). The molecule has 202 valence electrons. The molecule has 0 bridgehead atoms. The van der Waals surface area contributed by atoms with Crippen LogP contribution in [0.2, 0.25) is 0 Å². The van der Waals surface area contributed by atoms with E-state index in [0.717, 1.165) is 12.8 Å². The number of rotatable bonds is 6. The number of hydrogen-bond acceptors (Lipinski definition) is 7. The van der Waals surface area contributed by atoms with Crippen molar-refractivity contribution in [3.63, 3.8) is 0 Å². The van der Waals surface area contributed by atoms with E-state index in [0.29, 0.717) is 28.3 Å². The summed E-state index contributed by atoms with van der Waals surface area (Å²) in [6, 6.07) is 11.3. The van der Waals surface area contributed by atoms with Crippen LogP contribution >= 0.6 is 7.60 Å². The largest absolute Gasteiger partial charge is 0.448 e. The van der Waals surface area contributed by atoms with E-state index in [4.69, 9.17) is 19.6 Å². The number of nitrogens with one attached hydrogen (secondary N) is 1. The number of imidazole rings is 1. The fraction of sp³-hybridized carbons (Fsp3) is 0.269. The van der Waals surface area contributed by atoms with Gasteiger partial charge in [0.1, 0.15) is 11.4 Å². The average Bonchev–Trinajstić information content (AvgIpc) is 3.58. The molecule has 1 aliphatic heterocycles. The topological polar surface area (TPSA) is 179 Å². The summed E-state index contributed by atoms with van der Waals surface area (Å²) in [7, 11) is -4.65. The molecule has 3 aromatic heterocycles. The molecule has 5 N–H and O–H groups in total. The zero-order chi connectivity index (χ0) is 27.7. The van der Waals surface area contributed by atoms with Crippen LogP contribution in [0.5, 0.6) is 11.5 Å². The number of anilines is 1. The first kappa shape index (κ1) is 25.2. The fourth-order valence-corrected chi connectivity index (χ4v) is 5.61. The van der Waals surface area contributed by atoms with Gasteiger partial charge in [-0.1, -0.05) is 19.9 Å². The summed E-state index contributed by atoms with van der Waals surface area (Å²) in [5, 5.41) is 2.91. The van der Waals surface area contributed by atoms with Gasteiger partial charge in [0.05, 0.1) is 17.5 Å². The van der Waals surface area contributed by atoms with E-state index in [9.17, 15) is 23.9 Å². The Labute approximate surface area is 221 Å². The quantitative estimate of drug-likeness (QED) is 0.262. The molecule has 1 saturated carbocycles. The van der Waals surface area contributed by atoms with Crippen LogP contribution in [0.1, 0.15) is 26.7 Å². The Hall–Kier alpha value is -4.12. The molecule has 1 unspecified atom stereocenters. The van der Waals surface area contributed by atoms with Gasteiger partial charge in [-0.05, 0) is 54.7 Å². The van der Waals surface area contributed by atoms with E-state index in [1.807, 2.05) is 6.07 Å². The van der Waals surface area contributed by atoms with Crippen molar-refractivity contribution in [2.45, 2.75) is 33.0 Å². The fourth-order valence-electron chi connectivity index (χ4n) is 5.13. The van der Waals surface area contributed by atoms with Crippen LogP contribution in [0.15, 0.2) is 53.1 Å². The van der Waals surface area contributed by atoms with Crippen molar-refractivity contribution in [1.29, 1.82) is 0 Å². The van der Waals surface area contributed by atoms with E-state index in [1.165, 1.54) is 12.1 Å². The molecular formula is C26H25N4O8P. The number of nitrogens with zero attached hydrogens (tertiary/aromatic N) is 2. The molecule has 1 aliphatic carbocycles. The van der Waals surface area contributed by atoms with E-state index < -0.39 is 25.3 Å². The van der Waals surface area contributed by atoms with E-state index >= 15 is 0 Å². The second-order valence-electron chi connectivity index (χ2n) is 10.5. The molecule has 12 nitrogen and oxygen atoms in total. The van der Waals surface area contributed by atoms with Crippen LogP contribution in [-0.4, -0.2) is 37.3 Å². The third kappa shape index (κ3) is 4.56. The SMILES string of the molecule is CC1(C)CC(C(=O)Nc2cn3c(-c4cc5c(c(-c6ccc(P(=O)(O)O)o6)c4)OC(C(N)=O)O5)cccc3n2)C1. The van der Waals surface area contributed by atoms with Crippen molar-refractivity contribution < 1.29 is 37.8 Å². The Bertz CT molecular complexity index is 1690. The second-order valence-corrected chi connectivity index (χ2v) is 12.1. The summed E-state index contributed by atoms with van der Waals surface area (Å²) in [6.45, 7) is 4.27. The highest BCUT2D eigenvalue weighted by Crippen LogP contribution is 2.48.